The van der Waals surface area contributed by atoms with E-state index in [2.05, 4.69) is 18.2 Å². The molecule has 0 saturated heterocycles. The van der Waals surface area contributed by atoms with Crippen molar-refractivity contribution in [1.29, 1.82) is 0 Å². The molecule has 1 aliphatic carbocycles. The van der Waals surface area contributed by atoms with E-state index in [0.717, 1.165) is 22.6 Å². The van der Waals surface area contributed by atoms with Gasteiger partial charge < -0.3 is 4.74 Å². The first-order valence-electron chi connectivity index (χ1n) is 6.52. The molecule has 98 valence electrons. The summed E-state index contributed by atoms with van der Waals surface area (Å²) in [6, 6.07) is 8.29. The number of benzene rings is 1. The number of hydrogen-bond donors (Lipinski definition) is 0. The van der Waals surface area contributed by atoms with Gasteiger partial charge in [-0.3, -0.25) is 4.79 Å². The van der Waals surface area contributed by atoms with Gasteiger partial charge in [-0.25, -0.2) is 0 Å². The largest absolute Gasteiger partial charge is 0.496 e. The van der Waals surface area contributed by atoms with Crippen LogP contribution in [-0.4, -0.2) is 12.9 Å². The molecule has 0 bridgehead atoms. The van der Waals surface area contributed by atoms with Crippen LogP contribution in [-0.2, 0) is 19.3 Å². The van der Waals surface area contributed by atoms with Crippen LogP contribution >= 0.6 is 11.3 Å². The number of aryl methyl sites for hydroxylation is 2. The molecule has 1 aromatic heterocycles. The van der Waals surface area contributed by atoms with Crippen LogP contribution < -0.4 is 4.74 Å². The van der Waals surface area contributed by atoms with E-state index in [-0.39, 0.29) is 5.78 Å². The van der Waals surface area contributed by atoms with Crippen molar-refractivity contribution < 1.29 is 9.53 Å². The zero-order chi connectivity index (χ0) is 13.2. The summed E-state index contributed by atoms with van der Waals surface area (Å²) in [7, 11) is 1.62. The molecule has 2 aromatic rings. The molecule has 0 N–H and O–H groups in total. The van der Waals surface area contributed by atoms with Crippen molar-refractivity contribution in [1.82, 2.24) is 0 Å². The van der Waals surface area contributed by atoms with E-state index in [1.54, 1.807) is 7.11 Å². The summed E-state index contributed by atoms with van der Waals surface area (Å²) in [4.78, 5) is 13.0. The average Bonchev–Trinajstić information content (AvgIpc) is 3.06. The first-order chi connectivity index (χ1) is 9.26. The van der Waals surface area contributed by atoms with E-state index < -0.39 is 0 Å². The van der Waals surface area contributed by atoms with Crippen molar-refractivity contribution >= 4 is 17.1 Å². The molecule has 1 aromatic carbocycles. The summed E-state index contributed by atoms with van der Waals surface area (Å²) in [5.74, 6) is 0.938. The van der Waals surface area contributed by atoms with E-state index in [9.17, 15) is 4.79 Å². The quantitative estimate of drug-likeness (QED) is 0.794. The molecule has 3 rings (SSSR count). The van der Waals surface area contributed by atoms with Gasteiger partial charge in [0.2, 0.25) is 0 Å². The molecule has 2 nitrogen and oxygen atoms in total. The molecular formula is C16H16O2S. The molecule has 0 unspecified atom stereocenters. The highest BCUT2D eigenvalue weighted by Crippen LogP contribution is 2.25. The van der Waals surface area contributed by atoms with Gasteiger partial charge in [0, 0.05) is 17.9 Å². The fourth-order valence-corrected chi connectivity index (χ4v) is 3.37. The Balaban J connectivity index is 1.75. The third kappa shape index (κ3) is 2.56. The van der Waals surface area contributed by atoms with Crippen LogP contribution in [0.15, 0.2) is 29.6 Å². The molecule has 0 saturated carbocycles. The second-order valence-corrected chi connectivity index (χ2v) is 5.82. The number of ketones is 1. The summed E-state index contributed by atoms with van der Waals surface area (Å²) < 4.78 is 5.11. The highest BCUT2D eigenvalue weighted by Gasteiger charge is 2.14. The minimum Gasteiger partial charge on any atom is -0.496 e. The lowest BCUT2D eigenvalue weighted by atomic mass is 10.0. The van der Waals surface area contributed by atoms with E-state index in [1.807, 2.05) is 11.4 Å². The lowest BCUT2D eigenvalue weighted by molar-refractivity contribution is 0.0996. The number of carbonyl (C=O) groups excluding carboxylic acids is 1. The minimum atomic E-state index is 0.172. The Kier molecular flexibility index (Phi) is 3.38. The lowest BCUT2D eigenvalue weighted by Crippen LogP contribution is -2.01. The topological polar surface area (TPSA) is 26.3 Å². The van der Waals surface area contributed by atoms with Crippen molar-refractivity contribution in [3.05, 3.63) is 51.2 Å². The predicted molar refractivity (Wildman–Crippen MR) is 77.4 cm³/mol. The maximum absolute atomic E-state index is 12.2. The number of thiophene rings is 1. The Labute approximate surface area is 117 Å². The maximum Gasteiger partial charge on any atom is 0.177 e. The van der Waals surface area contributed by atoms with Gasteiger partial charge in [0.1, 0.15) is 5.75 Å². The number of hydrogen-bond acceptors (Lipinski definition) is 3. The number of carbonyl (C=O) groups is 1. The summed E-state index contributed by atoms with van der Waals surface area (Å²) in [5, 5.41) is 1.87. The Bertz CT molecular complexity index is 613. The first kappa shape index (κ1) is 12.4. The molecule has 1 heterocycles. The van der Waals surface area contributed by atoms with Crippen LogP contribution in [0.3, 0.4) is 0 Å². The highest BCUT2D eigenvalue weighted by molar-refractivity contribution is 7.12. The standard InChI is InChI=1S/C16H16O2S/c1-18-14-9-16(19-10-14)15(17)8-11-5-6-12-3-2-4-13(12)7-11/h5-7,9-10H,2-4,8H2,1H3. The molecule has 0 fully saturated rings. The molecule has 0 amide bonds. The van der Waals surface area contributed by atoms with Crippen LogP contribution in [0.5, 0.6) is 5.75 Å². The normalized spacial score (nSPS) is 13.3. The Hall–Kier alpha value is -1.61. The SMILES string of the molecule is COc1csc(C(=O)Cc2ccc3c(c2)CCC3)c1. The van der Waals surface area contributed by atoms with Crippen molar-refractivity contribution in [2.24, 2.45) is 0 Å². The minimum absolute atomic E-state index is 0.172. The van der Waals surface area contributed by atoms with E-state index in [4.69, 9.17) is 4.74 Å². The first-order valence-corrected chi connectivity index (χ1v) is 7.40. The smallest absolute Gasteiger partial charge is 0.177 e. The summed E-state index contributed by atoms with van der Waals surface area (Å²) in [6.45, 7) is 0. The van der Waals surface area contributed by atoms with Gasteiger partial charge in [-0.1, -0.05) is 18.2 Å². The second kappa shape index (κ2) is 5.17. The van der Waals surface area contributed by atoms with E-state index >= 15 is 0 Å². The Morgan fingerprint density at radius 3 is 2.89 bits per heavy atom. The summed E-state index contributed by atoms with van der Waals surface area (Å²) in [5.41, 5.74) is 4.00. The van der Waals surface area contributed by atoms with Gasteiger partial charge >= 0.3 is 0 Å². The predicted octanol–water partition coefficient (Wildman–Crippen LogP) is 3.67. The molecule has 0 radical (unpaired) electrons. The fraction of sp³-hybridized carbons (Fsp3) is 0.312. The van der Waals surface area contributed by atoms with Gasteiger partial charge in [-0.15, -0.1) is 11.3 Å². The van der Waals surface area contributed by atoms with Crippen LogP contribution in [0.4, 0.5) is 0 Å². The lowest BCUT2D eigenvalue weighted by Gasteiger charge is -2.03. The second-order valence-electron chi connectivity index (χ2n) is 4.91. The molecule has 19 heavy (non-hydrogen) atoms. The molecule has 3 heteroatoms. The van der Waals surface area contributed by atoms with Crippen molar-refractivity contribution in [3.63, 3.8) is 0 Å². The van der Waals surface area contributed by atoms with Crippen LogP contribution in [0.1, 0.15) is 32.8 Å². The fourth-order valence-electron chi connectivity index (χ4n) is 2.58. The van der Waals surface area contributed by atoms with E-state index in [1.165, 1.54) is 35.3 Å². The van der Waals surface area contributed by atoms with Crippen LogP contribution in [0.25, 0.3) is 0 Å². The van der Waals surface area contributed by atoms with E-state index in [0.29, 0.717) is 6.42 Å². The van der Waals surface area contributed by atoms with Crippen LogP contribution in [0, 0.1) is 0 Å². The maximum atomic E-state index is 12.2. The molecule has 0 aliphatic heterocycles. The number of methoxy groups -OCH3 is 1. The summed E-state index contributed by atoms with van der Waals surface area (Å²) in [6.07, 6.45) is 4.07. The van der Waals surface area contributed by atoms with Crippen molar-refractivity contribution in [2.75, 3.05) is 7.11 Å². The third-order valence-corrected chi connectivity index (χ3v) is 4.56. The van der Waals surface area contributed by atoms with Gasteiger partial charge in [-0.2, -0.15) is 0 Å². The number of rotatable bonds is 4. The van der Waals surface area contributed by atoms with Gasteiger partial charge in [0.05, 0.1) is 12.0 Å². The number of fused-ring (bicyclic) bond motifs is 1. The van der Waals surface area contributed by atoms with Crippen molar-refractivity contribution in [3.8, 4) is 5.75 Å². The van der Waals surface area contributed by atoms with Crippen LogP contribution in [0.2, 0.25) is 0 Å². The molecule has 0 atom stereocenters. The summed E-state index contributed by atoms with van der Waals surface area (Å²) >= 11 is 1.45. The third-order valence-electron chi connectivity index (χ3n) is 3.61. The van der Waals surface area contributed by atoms with Gasteiger partial charge in [-0.05, 0) is 36.0 Å². The van der Waals surface area contributed by atoms with Gasteiger partial charge in [0.15, 0.2) is 5.78 Å². The zero-order valence-corrected chi connectivity index (χ0v) is 11.8. The monoisotopic (exact) mass is 272 g/mol. The Morgan fingerprint density at radius 2 is 2.11 bits per heavy atom. The molecule has 1 aliphatic rings. The molecule has 0 spiro atoms. The van der Waals surface area contributed by atoms with Gasteiger partial charge in [0.25, 0.3) is 0 Å². The highest BCUT2D eigenvalue weighted by atomic mass is 32.1. The number of ether oxygens (including phenoxy) is 1. The molecular weight excluding hydrogens is 256 g/mol. The average molecular weight is 272 g/mol. The Morgan fingerprint density at radius 1 is 1.26 bits per heavy atom. The zero-order valence-electron chi connectivity index (χ0n) is 10.9. The number of Topliss-reactive ketones (excluding diaryl/α,β-unsaturated/α-hetero) is 1. The van der Waals surface area contributed by atoms with Crippen molar-refractivity contribution in [2.45, 2.75) is 25.7 Å².